The zero-order valence-corrected chi connectivity index (χ0v) is 18.3. The van der Waals surface area contributed by atoms with E-state index in [1.165, 1.54) is 12.1 Å². The first-order valence-electron chi connectivity index (χ1n) is 10.4. The second-order valence-corrected chi connectivity index (χ2v) is 7.50. The Balaban J connectivity index is 1.49. The van der Waals surface area contributed by atoms with Crippen molar-refractivity contribution in [2.45, 2.75) is 20.0 Å². The first kappa shape index (κ1) is 22.7. The number of aromatic nitrogens is 3. The summed E-state index contributed by atoms with van der Waals surface area (Å²) in [6, 6.07) is 11.7. The van der Waals surface area contributed by atoms with Crippen molar-refractivity contribution in [1.82, 2.24) is 20.1 Å². The Kier molecular flexibility index (Phi) is 6.64. The Morgan fingerprint density at radius 2 is 1.97 bits per heavy atom. The number of ether oxygens (including phenoxy) is 1. The molecule has 0 bridgehead atoms. The van der Waals surface area contributed by atoms with Crippen molar-refractivity contribution in [3.63, 3.8) is 0 Å². The van der Waals surface area contributed by atoms with Gasteiger partial charge >= 0.3 is 0 Å². The maximum atomic E-state index is 13.4. The molecule has 0 spiro atoms. The Labute approximate surface area is 195 Å². The number of benzene rings is 2. The number of amides is 1. The molecule has 4 rings (SSSR count). The van der Waals surface area contributed by atoms with Gasteiger partial charge in [0.15, 0.2) is 0 Å². The zero-order chi connectivity index (χ0) is 24.1. The SMILES string of the molecule is C#CCn1cc(-c2cc(Oc3cccc(C(=O)NCc4cc(F)cc(F)c4)c3C)ccn2)cn1. The van der Waals surface area contributed by atoms with Crippen molar-refractivity contribution >= 4 is 5.91 Å². The largest absolute Gasteiger partial charge is 0.457 e. The van der Waals surface area contributed by atoms with Crippen LogP contribution in [0, 0.1) is 30.9 Å². The fourth-order valence-electron chi connectivity index (χ4n) is 3.40. The van der Waals surface area contributed by atoms with Crippen LogP contribution in [-0.4, -0.2) is 20.7 Å². The lowest BCUT2D eigenvalue weighted by molar-refractivity contribution is 0.0950. The molecule has 0 fully saturated rings. The minimum absolute atomic E-state index is 0.0148. The second-order valence-electron chi connectivity index (χ2n) is 7.50. The van der Waals surface area contributed by atoms with Crippen molar-refractivity contribution in [3.8, 4) is 35.1 Å². The molecule has 0 radical (unpaired) electrons. The average molecular weight is 458 g/mol. The van der Waals surface area contributed by atoms with Crippen LogP contribution in [-0.2, 0) is 13.1 Å². The highest BCUT2D eigenvalue weighted by Gasteiger charge is 2.14. The van der Waals surface area contributed by atoms with Crippen molar-refractivity contribution in [3.05, 3.63) is 95.4 Å². The normalized spacial score (nSPS) is 10.5. The summed E-state index contributed by atoms with van der Waals surface area (Å²) >= 11 is 0. The van der Waals surface area contributed by atoms with Gasteiger partial charge in [-0.05, 0) is 42.8 Å². The summed E-state index contributed by atoms with van der Waals surface area (Å²) in [5, 5.41) is 6.88. The number of pyridine rings is 1. The van der Waals surface area contributed by atoms with Crippen LogP contribution < -0.4 is 10.1 Å². The van der Waals surface area contributed by atoms with Gasteiger partial charge in [0, 0.05) is 47.8 Å². The lowest BCUT2D eigenvalue weighted by Crippen LogP contribution is -2.23. The first-order chi connectivity index (χ1) is 16.4. The molecule has 2 aromatic carbocycles. The van der Waals surface area contributed by atoms with Crippen LogP contribution in [0.2, 0.25) is 0 Å². The smallest absolute Gasteiger partial charge is 0.251 e. The number of rotatable bonds is 7. The van der Waals surface area contributed by atoms with Crippen LogP contribution in [0.1, 0.15) is 21.5 Å². The lowest BCUT2D eigenvalue weighted by Gasteiger charge is -2.13. The minimum atomic E-state index is -0.698. The number of terminal acetylenes is 1. The zero-order valence-electron chi connectivity index (χ0n) is 18.3. The molecule has 0 unspecified atom stereocenters. The summed E-state index contributed by atoms with van der Waals surface area (Å²) < 4.78 is 34.4. The maximum absolute atomic E-state index is 13.4. The highest BCUT2D eigenvalue weighted by Crippen LogP contribution is 2.29. The third-order valence-corrected chi connectivity index (χ3v) is 5.05. The second kappa shape index (κ2) is 9.96. The van der Waals surface area contributed by atoms with Gasteiger partial charge in [-0.3, -0.25) is 14.5 Å². The lowest BCUT2D eigenvalue weighted by atomic mass is 10.1. The molecule has 0 saturated heterocycles. The highest BCUT2D eigenvalue weighted by atomic mass is 19.1. The number of carbonyl (C=O) groups excluding carboxylic acids is 1. The van der Waals surface area contributed by atoms with E-state index in [0.717, 1.165) is 11.6 Å². The van der Waals surface area contributed by atoms with Gasteiger partial charge in [0.25, 0.3) is 5.91 Å². The van der Waals surface area contributed by atoms with E-state index in [1.54, 1.807) is 60.5 Å². The van der Waals surface area contributed by atoms with Crippen LogP contribution in [0.5, 0.6) is 11.5 Å². The Morgan fingerprint density at radius 3 is 2.74 bits per heavy atom. The molecule has 0 saturated carbocycles. The Hall–Kier alpha value is -4.51. The Morgan fingerprint density at radius 1 is 1.18 bits per heavy atom. The summed E-state index contributed by atoms with van der Waals surface area (Å²) in [6.45, 7) is 2.11. The van der Waals surface area contributed by atoms with E-state index in [4.69, 9.17) is 11.2 Å². The molecule has 34 heavy (non-hydrogen) atoms. The van der Waals surface area contributed by atoms with E-state index in [9.17, 15) is 13.6 Å². The maximum Gasteiger partial charge on any atom is 0.251 e. The molecular formula is C26H20F2N4O2. The van der Waals surface area contributed by atoms with E-state index in [-0.39, 0.29) is 12.5 Å². The minimum Gasteiger partial charge on any atom is -0.457 e. The van der Waals surface area contributed by atoms with Crippen LogP contribution in [0.3, 0.4) is 0 Å². The van der Waals surface area contributed by atoms with Crippen LogP contribution in [0.25, 0.3) is 11.3 Å². The quantitative estimate of drug-likeness (QED) is 0.401. The number of nitrogens with one attached hydrogen (secondary N) is 1. The number of carbonyl (C=O) groups is 1. The fraction of sp³-hybridized carbons (Fsp3) is 0.115. The molecule has 0 aliphatic heterocycles. The molecule has 8 heteroatoms. The highest BCUT2D eigenvalue weighted by molar-refractivity contribution is 5.96. The number of halogens is 2. The van der Waals surface area contributed by atoms with Gasteiger partial charge in [-0.1, -0.05) is 12.0 Å². The van der Waals surface area contributed by atoms with Crippen molar-refractivity contribution in [2.24, 2.45) is 0 Å². The van der Waals surface area contributed by atoms with Gasteiger partial charge in [0.05, 0.1) is 11.9 Å². The summed E-state index contributed by atoms with van der Waals surface area (Å²) in [5.74, 6) is 1.77. The number of hydrogen-bond acceptors (Lipinski definition) is 4. The van der Waals surface area contributed by atoms with E-state index in [2.05, 4.69) is 21.3 Å². The van der Waals surface area contributed by atoms with Gasteiger partial charge < -0.3 is 10.1 Å². The molecule has 0 aliphatic rings. The Bertz CT molecular complexity index is 1370. The molecule has 6 nitrogen and oxygen atoms in total. The van der Waals surface area contributed by atoms with Crippen molar-refractivity contribution < 1.29 is 18.3 Å². The molecule has 1 amide bonds. The molecule has 4 aromatic rings. The van der Waals surface area contributed by atoms with Crippen molar-refractivity contribution in [1.29, 1.82) is 0 Å². The van der Waals surface area contributed by atoms with Gasteiger partial charge in [-0.15, -0.1) is 6.42 Å². The first-order valence-corrected chi connectivity index (χ1v) is 10.4. The molecule has 2 aromatic heterocycles. The van der Waals surface area contributed by atoms with Crippen LogP contribution >= 0.6 is 0 Å². The standard InChI is InChI=1S/C26H20F2N4O2/c1-3-9-32-16-19(15-31-32)24-13-22(7-8-29-24)34-25-6-4-5-23(17(25)2)26(33)30-14-18-10-20(27)12-21(28)11-18/h1,4-8,10-13,15-16H,9,14H2,2H3,(H,30,33). The molecule has 0 atom stereocenters. The third kappa shape index (κ3) is 5.27. The average Bonchev–Trinajstić information content (AvgIpc) is 3.27. The predicted molar refractivity (Wildman–Crippen MR) is 123 cm³/mol. The number of nitrogens with zero attached hydrogens (tertiary/aromatic N) is 3. The van der Waals surface area contributed by atoms with E-state index in [1.807, 2.05) is 0 Å². The predicted octanol–water partition coefficient (Wildman–Crippen LogP) is 4.89. The van der Waals surface area contributed by atoms with Gasteiger partial charge in [-0.2, -0.15) is 5.10 Å². The van der Waals surface area contributed by atoms with E-state index >= 15 is 0 Å². The molecule has 170 valence electrons. The fourth-order valence-corrected chi connectivity index (χ4v) is 3.40. The molecule has 1 N–H and O–H groups in total. The van der Waals surface area contributed by atoms with E-state index < -0.39 is 11.6 Å². The monoisotopic (exact) mass is 458 g/mol. The van der Waals surface area contributed by atoms with Gasteiger partial charge in [0.1, 0.15) is 29.7 Å². The summed E-state index contributed by atoms with van der Waals surface area (Å²) in [5.41, 5.74) is 2.78. The third-order valence-electron chi connectivity index (χ3n) is 5.05. The van der Waals surface area contributed by atoms with Crippen LogP contribution in [0.4, 0.5) is 8.78 Å². The van der Waals surface area contributed by atoms with E-state index in [0.29, 0.717) is 40.4 Å². The number of hydrogen-bond donors (Lipinski definition) is 1. The molecule has 2 heterocycles. The molecular weight excluding hydrogens is 438 g/mol. The van der Waals surface area contributed by atoms with Crippen LogP contribution in [0.15, 0.2) is 67.1 Å². The summed E-state index contributed by atoms with van der Waals surface area (Å²) in [7, 11) is 0. The van der Waals surface area contributed by atoms with Gasteiger partial charge in [0.2, 0.25) is 0 Å². The summed E-state index contributed by atoms with van der Waals surface area (Å²) in [4.78, 5) is 17.1. The van der Waals surface area contributed by atoms with Gasteiger partial charge in [-0.25, -0.2) is 8.78 Å². The molecule has 0 aliphatic carbocycles. The topological polar surface area (TPSA) is 69.0 Å². The van der Waals surface area contributed by atoms with Crippen molar-refractivity contribution in [2.75, 3.05) is 0 Å². The summed E-state index contributed by atoms with van der Waals surface area (Å²) in [6.07, 6.45) is 10.4.